The Morgan fingerprint density at radius 3 is 2.87 bits per heavy atom. The van der Waals surface area contributed by atoms with Crippen LogP contribution in [0.4, 0.5) is 8.78 Å². The standard InChI is InChI=1S/C8H10F2N2O3/c1-3-14-7(13)5-4-6(11-12(5)2)15-8(9)10/h4,8H,3H2,1-2H3. The molecule has 0 atom stereocenters. The van der Waals surface area contributed by atoms with E-state index < -0.39 is 12.6 Å². The van der Waals surface area contributed by atoms with E-state index in [4.69, 9.17) is 0 Å². The van der Waals surface area contributed by atoms with E-state index in [0.29, 0.717) is 0 Å². The molecule has 5 nitrogen and oxygen atoms in total. The predicted octanol–water partition coefficient (Wildman–Crippen LogP) is 1.20. The number of hydrogen-bond acceptors (Lipinski definition) is 4. The van der Waals surface area contributed by atoms with Gasteiger partial charge in [0, 0.05) is 13.1 Å². The molecule has 0 unspecified atom stereocenters. The number of esters is 1. The summed E-state index contributed by atoms with van der Waals surface area (Å²) >= 11 is 0. The molecule has 0 amide bonds. The summed E-state index contributed by atoms with van der Waals surface area (Å²) in [5.74, 6) is -0.938. The number of aromatic nitrogens is 2. The lowest BCUT2D eigenvalue weighted by Gasteiger charge is -1.99. The molecule has 0 fully saturated rings. The number of aryl methyl sites for hydroxylation is 1. The fraction of sp³-hybridized carbons (Fsp3) is 0.500. The Kier molecular flexibility index (Phi) is 3.59. The summed E-state index contributed by atoms with van der Waals surface area (Å²) in [5, 5.41) is 3.57. The van der Waals surface area contributed by atoms with Crippen LogP contribution in [-0.4, -0.2) is 29.0 Å². The summed E-state index contributed by atoms with van der Waals surface area (Å²) in [6.45, 7) is -1.12. The maximum atomic E-state index is 11.8. The van der Waals surface area contributed by atoms with Crippen LogP contribution in [-0.2, 0) is 11.8 Å². The zero-order valence-electron chi connectivity index (χ0n) is 8.24. The second-order valence-electron chi connectivity index (χ2n) is 2.59. The predicted molar refractivity (Wildman–Crippen MR) is 45.8 cm³/mol. The van der Waals surface area contributed by atoms with Crippen LogP contribution in [0, 0.1) is 0 Å². The van der Waals surface area contributed by atoms with Crippen molar-refractivity contribution in [2.75, 3.05) is 6.61 Å². The first-order valence-electron chi connectivity index (χ1n) is 4.20. The lowest BCUT2D eigenvalue weighted by Crippen LogP contribution is -2.10. The smallest absolute Gasteiger partial charge is 0.388 e. The molecular formula is C8H10F2N2O3. The number of carbonyl (C=O) groups excluding carboxylic acids is 1. The first-order chi connectivity index (χ1) is 7.04. The Morgan fingerprint density at radius 2 is 2.33 bits per heavy atom. The van der Waals surface area contributed by atoms with Crippen molar-refractivity contribution in [2.45, 2.75) is 13.5 Å². The Bertz CT molecular complexity index is 352. The van der Waals surface area contributed by atoms with Crippen molar-refractivity contribution >= 4 is 5.97 Å². The van der Waals surface area contributed by atoms with Crippen LogP contribution in [0.5, 0.6) is 5.88 Å². The van der Waals surface area contributed by atoms with Crippen LogP contribution >= 0.6 is 0 Å². The van der Waals surface area contributed by atoms with Crippen molar-refractivity contribution in [1.29, 1.82) is 0 Å². The third-order valence-corrected chi connectivity index (χ3v) is 1.55. The molecule has 0 aromatic carbocycles. The van der Waals surface area contributed by atoms with E-state index in [9.17, 15) is 13.6 Å². The molecule has 0 saturated heterocycles. The summed E-state index contributed by atoms with van der Waals surface area (Å²) in [4.78, 5) is 11.2. The fourth-order valence-corrected chi connectivity index (χ4v) is 0.986. The first kappa shape index (κ1) is 11.4. The second kappa shape index (κ2) is 4.72. The van der Waals surface area contributed by atoms with Crippen molar-refractivity contribution in [1.82, 2.24) is 9.78 Å². The largest absolute Gasteiger partial charge is 0.461 e. The molecule has 1 rings (SSSR count). The third kappa shape index (κ3) is 2.90. The Morgan fingerprint density at radius 1 is 1.67 bits per heavy atom. The average Bonchev–Trinajstić information content (AvgIpc) is 2.46. The zero-order valence-corrected chi connectivity index (χ0v) is 8.24. The molecule has 1 aromatic rings. The molecule has 0 aliphatic rings. The minimum atomic E-state index is -2.96. The van der Waals surface area contributed by atoms with Crippen molar-refractivity contribution in [3.63, 3.8) is 0 Å². The molecule has 1 aromatic heterocycles. The topological polar surface area (TPSA) is 53.4 Å². The maximum Gasteiger partial charge on any atom is 0.388 e. The van der Waals surface area contributed by atoms with Gasteiger partial charge in [-0.1, -0.05) is 0 Å². The van der Waals surface area contributed by atoms with Gasteiger partial charge in [-0.3, -0.25) is 4.68 Å². The van der Waals surface area contributed by atoms with Gasteiger partial charge in [0.15, 0.2) is 0 Å². The lowest BCUT2D eigenvalue weighted by atomic mass is 10.4. The molecule has 0 radical (unpaired) electrons. The zero-order chi connectivity index (χ0) is 11.4. The molecule has 0 aliphatic heterocycles. The maximum absolute atomic E-state index is 11.8. The Labute approximate surface area is 84.6 Å². The van der Waals surface area contributed by atoms with E-state index in [2.05, 4.69) is 14.6 Å². The highest BCUT2D eigenvalue weighted by atomic mass is 19.3. The van der Waals surface area contributed by atoms with E-state index in [1.54, 1.807) is 6.92 Å². The second-order valence-corrected chi connectivity index (χ2v) is 2.59. The molecular weight excluding hydrogens is 210 g/mol. The number of rotatable bonds is 4. The molecule has 15 heavy (non-hydrogen) atoms. The van der Waals surface area contributed by atoms with Gasteiger partial charge in [-0.05, 0) is 6.92 Å². The van der Waals surface area contributed by atoms with Gasteiger partial charge in [0.05, 0.1) is 6.61 Å². The van der Waals surface area contributed by atoms with Crippen LogP contribution < -0.4 is 4.74 Å². The van der Waals surface area contributed by atoms with Crippen molar-refractivity contribution in [3.05, 3.63) is 11.8 Å². The van der Waals surface area contributed by atoms with Crippen LogP contribution in [0.25, 0.3) is 0 Å². The van der Waals surface area contributed by atoms with Gasteiger partial charge in [0.2, 0.25) is 5.88 Å². The van der Waals surface area contributed by atoms with Crippen LogP contribution in [0.1, 0.15) is 17.4 Å². The van der Waals surface area contributed by atoms with Gasteiger partial charge in [-0.2, -0.15) is 8.78 Å². The number of halogens is 2. The summed E-state index contributed by atoms with van der Waals surface area (Å²) in [5.41, 5.74) is 0.0625. The number of alkyl halides is 2. The fourth-order valence-electron chi connectivity index (χ4n) is 0.986. The highest BCUT2D eigenvalue weighted by molar-refractivity contribution is 5.87. The highest BCUT2D eigenvalue weighted by Gasteiger charge is 2.16. The van der Waals surface area contributed by atoms with Gasteiger partial charge in [0.25, 0.3) is 0 Å². The van der Waals surface area contributed by atoms with E-state index >= 15 is 0 Å². The summed E-state index contributed by atoms with van der Waals surface area (Å²) in [7, 11) is 1.44. The molecule has 84 valence electrons. The van der Waals surface area contributed by atoms with E-state index in [0.717, 1.165) is 10.7 Å². The third-order valence-electron chi connectivity index (χ3n) is 1.55. The summed E-state index contributed by atoms with van der Waals surface area (Å²) in [6.07, 6.45) is 0. The van der Waals surface area contributed by atoms with Gasteiger partial charge < -0.3 is 9.47 Å². The molecule has 1 heterocycles. The van der Waals surface area contributed by atoms with Crippen molar-refractivity contribution < 1.29 is 23.0 Å². The van der Waals surface area contributed by atoms with Gasteiger partial charge >= 0.3 is 12.6 Å². The van der Waals surface area contributed by atoms with E-state index in [1.165, 1.54) is 7.05 Å². The monoisotopic (exact) mass is 220 g/mol. The number of ether oxygens (including phenoxy) is 2. The Balaban J connectivity index is 2.81. The van der Waals surface area contributed by atoms with Gasteiger partial charge in [0.1, 0.15) is 5.69 Å². The van der Waals surface area contributed by atoms with Crippen LogP contribution in [0.15, 0.2) is 6.07 Å². The summed E-state index contributed by atoms with van der Waals surface area (Å²) < 4.78 is 33.5. The van der Waals surface area contributed by atoms with Gasteiger partial charge in [-0.25, -0.2) is 4.79 Å². The summed E-state index contributed by atoms with van der Waals surface area (Å²) in [6, 6.07) is 1.10. The normalized spacial score (nSPS) is 10.5. The molecule has 0 N–H and O–H groups in total. The SMILES string of the molecule is CCOC(=O)c1cc(OC(F)F)nn1C. The number of carbonyl (C=O) groups is 1. The first-order valence-corrected chi connectivity index (χ1v) is 4.20. The Hall–Kier alpha value is -1.66. The van der Waals surface area contributed by atoms with Crippen LogP contribution in [0.3, 0.4) is 0 Å². The highest BCUT2D eigenvalue weighted by Crippen LogP contribution is 2.14. The number of hydrogen-bond donors (Lipinski definition) is 0. The van der Waals surface area contributed by atoms with Crippen molar-refractivity contribution in [3.8, 4) is 5.88 Å². The average molecular weight is 220 g/mol. The van der Waals surface area contributed by atoms with Crippen LogP contribution in [0.2, 0.25) is 0 Å². The van der Waals surface area contributed by atoms with E-state index in [1.807, 2.05) is 0 Å². The molecule has 0 saturated carbocycles. The number of nitrogens with zero attached hydrogens (tertiary/aromatic N) is 2. The van der Waals surface area contributed by atoms with Gasteiger partial charge in [-0.15, -0.1) is 5.10 Å². The molecule has 0 spiro atoms. The minimum Gasteiger partial charge on any atom is -0.461 e. The molecule has 0 aliphatic carbocycles. The van der Waals surface area contributed by atoms with Crippen molar-refractivity contribution in [2.24, 2.45) is 7.05 Å². The van der Waals surface area contributed by atoms with E-state index in [-0.39, 0.29) is 18.2 Å². The minimum absolute atomic E-state index is 0.0625. The molecule has 7 heteroatoms. The molecule has 0 bridgehead atoms. The quantitative estimate of drug-likeness (QED) is 0.715. The lowest BCUT2D eigenvalue weighted by molar-refractivity contribution is -0.0531.